The van der Waals surface area contributed by atoms with Gasteiger partial charge in [0.2, 0.25) is 0 Å². The van der Waals surface area contributed by atoms with Gasteiger partial charge in [0, 0.05) is 51.2 Å². The van der Waals surface area contributed by atoms with Crippen molar-refractivity contribution in [3.63, 3.8) is 0 Å². The van der Waals surface area contributed by atoms with E-state index in [2.05, 4.69) is 196 Å². The van der Waals surface area contributed by atoms with Crippen molar-refractivity contribution in [1.29, 1.82) is 0 Å². The molecule has 412 valence electrons. The molecule has 11 aromatic carbocycles. The quantitative estimate of drug-likeness (QED) is 0.136. The molecule has 2 aliphatic rings. The van der Waals surface area contributed by atoms with E-state index in [0.717, 1.165) is 95.7 Å². The average molecular weight is 1110 g/mol. The first kappa shape index (κ1) is 42.6. The smallest absolute Gasteiger partial charge is 0.137 e. The van der Waals surface area contributed by atoms with Crippen LogP contribution in [0, 0.1) is 0 Å². The Morgan fingerprint density at radius 1 is 0.365 bits per heavy atom. The number of fused-ring (bicyclic) bond motifs is 6. The van der Waals surface area contributed by atoms with Gasteiger partial charge in [-0.1, -0.05) is 241 Å². The summed E-state index contributed by atoms with van der Waals surface area (Å²) >= 11 is 0. The van der Waals surface area contributed by atoms with Gasteiger partial charge in [0.15, 0.2) is 0 Å². The van der Waals surface area contributed by atoms with Crippen LogP contribution in [0.1, 0.15) is 66.4 Å². The van der Waals surface area contributed by atoms with Crippen molar-refractivity contribution in [1.82, 2.24) is 4.98 Å². The van der Waals surface area contributed by atoms with Gasteiger partial charge in [-0.25, -0.2) is 4.98 Å². The molecule has 0 bridgehead atoms. The second-order valence-electron chi connectivity index (χ2n) is 23.8. The lowest BCUT2D eigenvalue weighted by Crippen LogP contribution is -2.25. The summed E-state index contributed by atoms with van der Waals surface area (Å²) in [5.41, 5.74) is 17.7. The monoisotopic (exact) mass is 1110 g/mol. The Bertz CT molecular complexity index is 4900. The van der Waals surface area contributed by atoms with E-state index in [1.807, 2.05) is 71.8 Å². The molecule has 12 aromatic rings. The van der Waals surface area contributed by atoms with Crippen molar-refractivity contribution >= 4 is 57.0 Å². The maximum absolute atomic E-state index is 9.33. The van der Waals surface area contributed by atoms with Gasteiger partial charge in [0.05, 0.1) is 42.1 Å². The van der Waals surface area contributed by atoms with Crippen LogP contribution in [0.25, 0.3) is 66.8 Å². The Balaban J connectivity index is 0.984. The first-order valence-corrected chi connectivity index (χ1v) is 28.8. The van der Waals surface area contributed by atoms with Crippen LogP contribution in [-0.4, -0.2) is 11.7 Å². The van der Waals surface area contributed by atoms with Crippen molar-refractivity contribution in [2.75, 3.05) is 26.3 Å². The molecule has 2 aliphatic heterocycles. The maximum atomic E-state index is 9.33. The molecular formula is C80H67N5. The van der Waals surface area contributed by atoms with Crippen molar-refractivity contribution in [2.24, 2.45) is 0 Å². The first-order valence-electron chi connectivity index (χ1n) is 33.8. The third-order valence-electron chi connectivity index (χ3n) is 16.3. The number of rotatable bonds is 10. The van der Waals surface area contributed by atoms with Gasteiger partial charge in [-0.15, -0.1) is 0 Å². The maximum Gasteiger partial charge on any atom is 0.137 e. The molecule has 0 spiro atoms. The zero-order chi connectivity index (χ0) is 66.5. The molecule has 0 N–H and O–H groups in total. The summed E-state index contributed by atoms with van der Waals surface area (Å²) in [6, 6.07) is 70.1. The van der Waals surface area contributed by atoms with Gasteiger partial charge >= 0.3 is 0 Å². The van der Waals surface area contributed by atoms with Gasteiger partial charge in [-0.2, -0.15) is 0 Å². The highest BCUT2D eigenvalue weighted by Crippen LogP contribution is 2.55. The van der Waals surface area contributed by atoms with E-state index >= 15 is 0 Å². The second kappa shape index (κ2) is 21.5. The van der Waals surface area contributed by atoms with Crippen LogP contribution in [0.15, 0.2) is 285 Å². The van der Waals surface area contributed by atoms with Gasteiger partial charge in [-0.3, -0.25) is 4.90 Å². The van der Waals surface area contributed by atoms with E-state index in [-0.39, 0.29) is 45.4 Å². The van der Waals surface area contributed by atoms with Crippen LogP contribution in [0.5, 0.6) is 0 Å². The van der Waals surface area contributed by atoms with Gasteiger partial charge in [-0.05, 0) is 145 Å². The summed E-state index contributed by atoms with van der Waals surface area (Å²) in [6.07, 6.45) is 1.91. The number of hydrogen-bond donors (Lipinski definition) is 0. The first-order chi connectivity index (χ1) is 45.6. The summed E-state index contributed by atoms with van der Waals surface area (Å²) in [5, 5.41) is 0. The van der Waals surface area contributed by atoms with Gasteiger partial charge < -0.3 is 14.7 Å². The van der Waals surface area contributed by atoms with Crippen molar-refractivity contribution < 1.29 is 13.7 Å². The molecule has 0 radical (unpaired) electrons. The second-order valence-corrected chi connectivity index (χ2v) is 23.8. The van der Waals surface area contributed by atoms with E-state index < -0.39 is 60.4 Å². The fourth-order valence-electron chi connectivity index (χ4n) is 12.0. The largest absolute Gasteiger partial charge is 0.321 e. The summed E-state index contributed by atoms with van der Waals surface area (Å²) in [4.78, 5) is 13.9. The Morgan fingerprint density at radius 3 is 1.60 bits per heavy atom. The molecule has 5 heteroatoms. The number of pyridine rings is 1. The number of para-hydroxylation sites is 4. The lowest BCUT2D eigenvalue weighted by atomic mass is 9.86. The molecule has 0 saturated heterocycles. The Hall–Kier alpha value is -10.2. The Kier molecular flexibility index (Phi) is 10.8. The molecule has 5 nitrogen and oxygen atoms in total. The normalized spacial score (nSPS) is 14.4. The minimum atomic E-state index is -0.558. The number of anilines is 10. The predicted octanol–water partition coefficient (Wildman–Crippen LogP) is 22.2. The van der Waals surface area contributed by atoms with E-state index in [0.29, 0.717) is 5.69 Å². The van der Waals surface area contributed by atoms with E-state index in [1.54, 1.807) is 18.2 Å². The van der Waals surface area contributed by atoms with Crippen molar-refractivity contribution in [2.45, 2.75) is 52.4 Å². The molecule has 0 atom stereocenters. The SMILES string of the molecule is [2H]c1c([2H])c([2H])c(-c2cccc(-c3c([2H])c([2H])c([2H])c([2H])c3[2H])c2N2CN(c3cc(-c4ccccc4)cc(N(c4ccccc4)c4ccc5c(c4)N(c4cc(C(C)(C)C)ccn4)c4ccc(-c6ccc(C(C)(C)C)cc6)cc4-c4ccccc4-5)c3)c3ccccc32)c([2H])c1[2H]. The van der Waals surface area contributed by atoms with Crippen LogP contribution in [0.3, 0.4) is 0 Å². The summed E-state index contributed by atoms with van der Waals surface area (Å²) in [6.45, 7) is 13.4. The highest BCUT2D eigenvalue weighted by Gasteiger charge is 2.34. The molecule has 1 aromatic heterocycles. The molecule has 0 amide bonds. The van der Waals surface area contributed by atoms with Crippen LogP contribution in [0.4, 0.5) is 57.0 Å². The molecule has 85 heavy (non-hydrogen) atoms. The fourth-order valence-corrected chi connectivity index (χ4v) is 12.0. The van der Waals surface area contributed by atoms with Crippen LogP contribution >= 0.6 is 0 Å². The highest BCUT2D eigenvalue weighted by atomic mass is 15.4. The third kappa shape index (κ3) is 9.91. The molecule has 0 fully saturated rings. The van der Waals surface area contributed by atoms with E-state index in [4.69, 9.17) is 13.2 Å². The topological polar surface area (TPSA) is 25.9 Å². The highest BCUT2D eigenvalue weighted by molar-refractivity contribution is 6.05. The van der Waals surface area contributed by atoms with Crippen molar-refractivity contribution in [3.05, 3.63) is 296 Å². The minimum absolute atomic E-state index is 0.00463. The third-order valence-corrected chi connectivity index (χ3v) is 16.3. The molecule has 14 rings (SSSR count). The van der Waals surface area contributed by atoms with Crippen LogP contribution < -0.4 is 19.6 Å². The molecular weight excluding hydrogens is 1030 g/mol. The Labute approximate surface area is 515 Å². The van der Waals surface area contributed by atoms with Gasteiger partial charge in [0.25, 0.3) is 0 Å². The number of aromatic nitrogens is 1. The summed E-state index contributed by atoms with van der Waals surface area (Å²) < 4.78 is 89.8. The van der Waals surface area contributed by atoms with Crippen molar-refractivity contribution in [3.8, 4) is 66.8 Å². The lowest BCUT2D eigenvalue weighted by Gasteiger charge is -2.32. The molecule has 0 unspecified atom stereocenters. The van der Waals surface area contributed by atoms with E-state index in [9.17, 15) is 5.48 Å². The standard InChI is InChI=1S/C80H67N5/c1-79(2,3)61-41-38-56(39-42-61)59-40-45-73-72(50-59)70-33-20-19-32-69(70)71-44-43-64(53-76(71)85(73)77-51-62(46-47-81-77)80(4,5)6)84(63-30-17-10-18-31-63)66-49-60(55-24-11-7-12-25-55)48-65(52-66)82-54-83(75-37-22-21-36-74(75)82)78-67(57-26-13-8-14-27-57)34-23-35-68(78)58-28-15-9-16-29-58/h7-53H,54H2,1-6H3/i8D,9D,13D,14D,15D,16D,26D,27D,28D,29D. The molecule has 0 saturated carbocycles. The predicted molar refractivity (Wildman–Crippen MR) is 359 cm³/mol. The number of nitrogens with zero attached hydrogens (tertiary/aromatic N) is 5. The summed E-state index contributed by atoms with van der Waals surface area (Å²) in [5.74, 6) is 0.770. The molecule has 3 heterocycles. The van der Waals surface area contributed by atoms with Crippen LogP contribution in [-0.2, 0) is 10.8 Å². The number of benzene rings is 11. The van der Waals surface area contributed by atoms with E-state index in [1.165, 1.54) is 5.56 Å². The summed E-state index contributed by atoms with van der Waals surface area (Å²) in [7, 11) is 0. The zero-order valence-electron chi connectivity index (χ0n) is 58.3. The molecule has 0 aliphatic carbocycles. The Morgan fingerprint density at radius 2 is 0.941 bits per heavy atom. The number of hydrogen-bond acceptors (Lipinski definition) is 5. The van der Waals surface area contributed by atoms with Gasteiger partial charge in [0.1, 0.15) is 12.5 Å². The fraction of sp³-hybridized carbons (Fsp3) is 0.113. The lowest BCUT2D eigenvalue weighted by molar-refractivity contribution is 0.589. The average Bonchev–Trinajstić information content (AvgIpc) is 1.66. The minimum Gasteiger partial charge on any atom is -0.321 e. The zero-order valence-corrected chi connectivity index (χ0v) is 48.3. The van der Waals surface area contributed by atoms with Crippen LogP contribution in [0.2, 0.25) is 0 Å².